The van der Waals surface area contributed by atoms with Crippen LogP contribution in [0.1, 0.15) is 39.0 Å². The van der Waals surface area contributed by atoms with E-state index in [0.717, 1.165) is 32.1 Å². The van der Waals surface area contributed by atoms with Crippen LogP contribution >= 0.6 is 0 Å². The Morgan fingerprint density at radius 2 is 2.14 bits per heavy atom. The fourth-order valence-electron chi connectivity index (χ4n) is 3.45. The molecule has 2 rings (SSSR count). The van der Waals surface area contributed by atoms with E-state index in [1.165, 1.54) is 0 Å². The quantitative estimate of drug-likeness (QED) is 0.628. The molecule has 0 aromatic heterocycles. The number of hydrogen-bond donors (Lipinski definition) is 2. The Morgan fingerprint density at radius 3 is 2.71 bits per heavy atom. The molecule has 0 aromatic rings. The highest BCUT2D eigenvalue weighted by Crippen LogP contribution is 2.56. The minimum absolute atomic E-state index is 0.0451. The van der Waals surface area contributed by atoms with E-state index in [9.17, 15) is 10.2 Å². The van der Waals surface area contributed by atoms with Gasteiger partial charge in [-0.25, -0.2) is 0 Å². The molecule has 3 unspecified atom stereocenters. The molecule has 1 fully saturated rings. The van der Waals surface area contributed by atoms with Gasteiger partial charge in [0.25, 0.3) is 0 Å². The fraction of sp³-hybridized carbons (Fsp3) is 0.833. The molecule has 14 heavy (non-hydrogen) atoms. The second kappa shape index (κ2) is 3.35. The highest BCUT2D eigenvalue weighted by atomic mass is 16.3. The predicted molar refractivity (Wildman–Crippen MR) is 55.9 cm³/mol. The van der Waals surface area contributed by atoms with Crippen LogP contribution in [0, 0.1) is 11.3 Å². The molecule has 2 heteroatoms. The summed E-state index contributed by atoms with van der Waals surface area (Å²) >= 11 is 0. The summed E-state index contributed by atoms with van der Waals surface area (Å²) < 4.78 is 0. The number of allylic oxidation sites excluding steroid dienone is 1. The van der Waals surface area contributed by atoms with E-state index in [1.807, 2.05) is 6.92 Å². The van der Waals surface area contributed by atoms with Crippen molar-refractivity contribution in [3.8, 4) is 0 Å². The van der Waals surface area contributed by atoms with E-state index in [1.54, 1.807) is 0 Å². The van der Waals surface area contributed by atoms with Crippen LogP contribution in [-0.4, -0.2) is 22.4 Å². The molecular formula is C12H20O2. The van der Waals surface area contributed by atoms with Crippen molar-refractivity contribution < 1.29 is 10.2 Å². The first-order valence-corrected chi connectivity index (χ1v) is 5.62. The Bertz CT molecular complexity index is 245. The van der Waals surface area contributed by atoms with Crippen molar-refractivity contribution in [2.75, 3.05) is 6.61 Å². The molecule has 0 amide bonds. The van der Waals surface area contributed by atoms with Gasteiger partial charge in [0.2, 0.25) is 0 Å². The zero-order chi connectivity index (χ0) is 10.2. The molecule has 2 aliphatic rings. The van der Waals surface area contributed by atoms with Crippen molar-refractivity contribution in [1.82, 2.24) is 0 Å². The Labute approximate surface area is 85.6 Å². The molecule has 2 N–H and O–H groups in total. The first-order valence-electron chi connectivity index (χ1n) is 5.62. The van der Waals surface area contributed by atoms with Gasteiger partial charge in [0, 0.05) is 17.9 Å². The molecule has 0 saturated heterocycles. The second-order valence-electron chi connectivity index (χ2n) is 5.04. The van der Waals surface area contributed by atoms with Gasteiger partial charge in [0.1, 0.15) is 0 Å². The van der Waals surface area contributed by atoms with Gasteiger partial charge in [-0.15, -0.1) is 0 Å². The Morgan fingerprint density at radius 1 is 1.36 bits per heavy atom. The number of aliphatic hydroxyl groups excluding tert-OH is 1. The third-order valence-corrected chi connectivity index (χ3v) is 4.39. The molecule has 0 heterocycles. The Hall–Kier alpha value is -0.340. The average Bonchev–Trinajstić information content (AvgIpc) is 2.44. The van der Waals surface area contributed by atoms with Crippen LogP contribution in [0.4, 0.5) is 0 Å². The Balaban J connectivity index is 2.33. The van der Waals surface area contributed by atoms with Gasteiger partial charge in [-0.3, -0.25) is 0 Å². The van der Waals surface area contributed by atoms with Gasteiger partial charge in [-0.1, -0.05) is 12.2 Å². The van der Waals surface area contributed by atoms with Crippen molar-refractivity contribution in [2.24, 2.45) is 11.3 Å². The molecule has 0 aliphatic heterocycles. The maximum Gasteiger partial charge on any atom is 0.0682 e. The first-order chi connectivity index (χ1) is 6.62. The molecule has 1 saturated carbocycles. The van der Waals surface area contributed by atoms with Crippen LogP contribution in [0.3, 0.4) is 0 Å². The van der Waals surface area contributed by atoms with Gasteiger partial charge in [-0.2, -0.15) is 0 Å². The van der Waals surface area contributed by atoms with Crippen LogP contribution < -0.4 is 0 Å². The van der Waals surface area contributed by atoms with Gasteiger partial charge >= 0.3 is 0 Å². The lowest BCUT2D eigenvalue weighted by Gasteiger charge is -2.46. The summed E-state index contributed by atoms with van der Waals surface area (Å²) in [6.07, 6.45) is 9.36. The molecule has 1 spiro atoms. The largest absolute Gasteiger partial charge is 0.396 e. The van der Waals surface area contributed by atoms with E-state index in [4.69, 9.17) is 0 Å². The SMILES string of the molecule is CC1(O)CCCC12CCC=CC2CO. The molecule has 0 bridgehead atoms. The summed E-state index contributed by atoms with van der Waals surface area (Å²) in [4.78, 5) is 0. The lowest BCUT2D eigenvalue weighted by atomic mass is 9.62. The summed E-state index contributed by atoms with van der Waals surface area (Å²) in [6, 6.07) is 0. The van der Waals surface area contributed by atoms with E-state index >= 15 is 0 Å². The zero-order valence-corrected chi connectivity index (χ0v) is 8.87. The summed E-state index contributed by atoms with van der Waals surface area (Å²) in [5.41, 5.74) is -0.623. The van der Waals surface area contributed by atoms with Crippen LogP contribution in [0.5, 0.6) is 0 Å². The molecule has 3 atom stereocenters. The van der Waals surface area contributed by atoms with Crippen molar-refractivity contribution >= 4 is 0 Å². The molecule has 0 aromatic carbocycles. The predicted octanol–water partition coefficient (Wildman–Crippen LogP) is 1.87. The first kappa shape index (κ1) is 10.2. The van der Waals surface area contributed by atoms with Crippen LogP contribution in [0.15, 0.2) is 12.2 Å². The van der Waals surface area contributed by atoms with Crippen LogP contribution in [0.25, 0.3) is 0 Å². The number of rotatable bonds is 1. The Kier molecular flexibility index (Phi) is 2.44. The molecule has 0 radical (unpaired) electrons. The average molecular weight is 196 g/mol. The molecule has 2 aliphatic carbocycles. The summed E-state index contributed by atoms with van der Waals surface area (Å²) in [5.74, 6) is 0.161. The fourth-order valence-corrected chi connectivity index (χ4v) is 3.45. The van der Waals surface area contributed by atoms with Crippen LogP contribution in [-0.2, 0) is 0 Å². The number of aliphatic hydroxyl groups is 2. The molecule has 80 valence electrons. The summed E-state index contributed by atoms with van der Waals surface area (Å²) in [7, 11) is 0. The topological polar surface area (TPSA) is 40.5 Å². The highest BCUT2D eigenvalue weighted by Gasteiger charge is 2.54. The highest BCUT2D eigenvalue weighted by molar-refractivity contribution is 5.13. The summed E-state index contributed by atoms with van der Waals surface area (Å²) in [6.45, 7) is 2.12. The normalized spacial score (nSPS) is 47.5. The standard InChI is InChI=1S/C12H20O2/c1-11(14)6-4-8-12(11)7-3-2-5-10(12)9-13/h2,5,10,13-14H,3-4,6-9H2,1H3. The number of hydrogen-bond acceptors (Lipinski definition) is 2. The maximum absolute atomic E-state index is 10.4. The van der Waals surface area contributed by atoms with E-state index in [-0.39, 0.29) is 17.9 Å². The van der Waals surface area contributed by atoms with Gasteiger partial charge < -0.3 is 10.2 Å². The van der Waals surface area contributed by atoms with E-state index in [0.29, 0.717) is 0 Å². The monoisotopic (exact) mass is 196 g/mol. The van der Waals surface area contributed by atoms with Crippen molar-refractivity contribution in [2.45, 2.75) is 44.6 Å². The second-order valence-corrected chi connectivity index (χ2v) is 5.04. The zero-order valence-electron chi connectivity index (χ0n) is 8.87. The maximum atomic E-state index is 10.4. The lowest BCUT2D eigenvalue weighted by molar-refractivity contribution is -0.0864. The third kappa shape index (κ3) is 1.24. The minimum atomic E-state index is -0.578. The van der Waals surface area contributed by atoms with Gasteiger partial charge in [0.15, 0.2) is 0 Å². The molecular weight excluding hydrogens is 176 g/mol. The smallest absolute Gasteiger partial charge is 0.0682 e. The molecule has 2 nitrogen and oxygen atoms in total. The lowest BCUT2D eigenvalue weighted by Crippen LogP contribution is -2.48. The van der Waals surface area contributed by atoms with Crippen molar-refractivity contribution in [1.29, 1.82) is 0 Å². The minimum Gasteiger partial charge on any atom is -0.396 e. The summed E-state index contributed by atoms with van der Waals surface area (Å²) in [5, 5.41) is 19.8. The van der Waals surface area contributed by atoms with Crippen molar-refractivity contribution in [3.05, 3.63) is 12.2 Å². The van der Waals surface area contributed by atoms with Gasteiger partial charge in [-0.05, 0) is 39.0 Å². The van der Waals surface area contributed by atoms with Crippen molar-refractivity contribution in [3.63, 3.8) is 0 Å². The van der Waals surface area contributed by atoms with E-state index in [2.05, 4.69) is 12.2 Å². The van der Waals surface area contributed by atoms with Gasteiger partial charge in [0.05, 0.1) is 5.60 Å². The van der Waals surface area contributed by atoms with Crippen LogP contribution in [0.2, 0.25) is 0 Å². The third-order valence-electron chi connectivity index (χ3n) is 4.39. The van der Waals surface area contributed by atoms with E-state index < -0.39 is 5.60 Å².